The van der Waals surface area contributed by atoms with E-state index in [4.69, 9.17) is 4.74 Å². The molecular weight excluding hydrogens is 506 g/mol. The molecule has 3 heterocycles. The zero-order valence-corrected chi connectivity index (χ0v) is 24.6. The van der Waals surface area contributed by atoms with Crippen molar-refractivity contribution in [3.63, 3.8) is 0 Å². The van der Waals surface area contributed by atoms with E-state index >= 15 is 0 Å². The third-order valence-corrected chi connectivity index (χ3v) is 8.84. The number of fused-ring (bicyclic) bond motifs is 1. The van der Waals surface area contributed by atoms with Crippen molar-refractivity contribution >= 4 is 17.7 Å². The Bertz CT molecular complexity index is 1130. The smallest absolute Gasteiger partial charge is 0.249 e. The first-order chi connectivity index (χ1) is 18.9. The second-order valence-corrected chi connectivity index (χ2v) is 12.7. The number of aliphatic hydroxyl groups is 1. The van der Waals surface area contributed by atoms with Crippen molar-refractivity contribution in [2.45, 2.75) is 83.3 Å². The molecule has 1 aromatic rings. The minimum absolute atomic E-state index is 0.108. The Morgan fingerprint density at radius 3 is 2.35 bits per heavy atom. The maximum absolute atomic E-state index is 14.5. The van der Waals surface area contributed by atoms with Crippen LogP contribution in [0.3, 0.4) is 0 Å². The number of carbonyl (C=O) groups is 3. The van der Waals surface area contributed by atoms with E-state index in [-0.39, 0.29) is 30.2 Å². The van der Waals surface area contributed by atoms with E-state index in [2.05, 4.69) is 13.2 Å². The van der Waals surface area contributed by atoms with Crippen molar-refractivity contribution in [1.82, 2.24) is 14.7 Å². The van der Waals surface area contributed by atoms with Crippen LogP contribution in [0, 0.1) is 17.8 Å². The summed E-state index contributed by atoms with van der Waals surface area (Å²) >= 11 is 0. The zero-order valence-electron chi connectivity index (χ0n) is 24.6. The van der Waals surface area contributed by atoms with Gasteiger partial charge in [0.25, 0.3) is 0 Å². The SMILES string of the molecule is C=CCN(Cc1ccccc1)C(=O)[C@@H]1[C@@H]2CCC3(O2)C(C(=O)N(CC=C)C(C)(C)C)N([C@@H](CO)C(C)C)C(=O)[C@H]13. The molecule has 3 aliphatic heterocycles. The minimum Gasteiger partial charge on any atom is -0.394 e. The Morgan fingerprint density at radius 1 is 1.15 bits per heavy atom. The fourth-order valence-corrected chi connectivity index (χ4v) is 7.00. The summed E-state index contributed by atoms with van der Waals surface area (Å²) < 4.78 is 6.66. The fraction of sp³-hybridized carbons (Fsp3) is 0.594. The van der Waals surface area contributed by atoms with Crippen molar-refractivity contribution < 1.29 is 24.2 Å². The third kappa shape index (κ3) is 5.00. The van der Waals surface area contributed by atoms with Gasteiger partial charge in [-0.3, -0.25) is 14.4 Å². The quantitative estimate of drug-likeness (QED) is 0.426. The predicted octanol–water partition coefficient (Wildman–Crippen LogP) is 3.41. The first-order valence-corrected chi connectivity index (χ1v) is 14.4. The number of likely N-dealkylation sites (tertiary alicyclic amines) is 1. The number of hydrogen-bond acceptors (Lipinski definition) is 5. The average molecular weight is 552 g/mol. The lowest BCUT2D eigenvalue weighted by Crippen LogP contribution is -2.62. The molecule has 2 unspecified atom stereocenters. The largest absolute Gasteiger partial charge is 0.394 e. The molecule has 0 radical (unpaired) electrons. The van der Waals surface area contributed by atoms with Gasteiger partial charge in [0, 0.05) is 25.2 Å². The summed E-state index contributed by atoms with van der Waals surface area (Å²) in [5.74, 6) is -2.29. The van der Waals surface area contributed by atoms with E-state index < -0.39 is 41.2 Å². The molecular formula is C32H45N3O5. The molecule has 3 aliphatic rings. The van der Waals surface area contributed by atoms with Crippen LogP contribution >= 0.6 is 0 Å². The number of carbonyl (C=O) groups excluding carboxylic acids is 3. The van der Waals surface area contributed by atoms with Gasteiger partial charge in [0.05, 0.1) is 30.6 Å². The Morgan fingerprint density at radius 2 is 1.80 bits per heavy atom. The monoisotopic (exact) mass is 551 g/mol. The first-order valence-electron chi connectivity index (χ1n) is 14.4. The predicted molar refractivity (Wildman–Crippen MR) is 154 cm³/mol. The van der Waals surface area contributed by atoms with Crippen LogP contribution in [0.5, 0.6) is 0 Å². The van der Waals surface area contributed by atoms with Gasteiger partial charge in [-0.25, -0.2) is 0 Å². The third-order valence-electron chi connectivity index (χ3n) is 8.84. The molecule has 3 fully saturated rings. The van der Waals surface area contributed by atoms with Crippen molar-refractivity contribution in [2.24, 2.45) is 17.8 Å². The molecule has 0 aliphatic carbocycles. The lowest BCUT2D eigenvalue weighted by Gasteiger charge is -2.44. The van der Waals surface area contributed by atoms with E-state index in [1.165, 1.54) is 0 Å². The second kappa shape index (κ2) is 11.5. The van der Waals surface area contributed by atoms with Crippen LogP contribution in [-0.2, 0) is 25.7 Å². The first kappa shape index (κ1) is 30.0. The molecule has 0 aromatic heterocycles. The number of nitrogens with zero attached hydrogens (tertiary/aromatic N) is 3. The van der Waals surface area contributed by atoms with Crippen molar-refractivity contribution in [3.05, 3.63) is 61.2 Å². The van der Waals surface area contributed by atoms with Gasteiger partial charge in [-0.05, 0) is 45.1 Å². The van der Waals surface area contributed by atoms with Gasteiger partial charge < -0.3 is 24.5 Å². The summed E-state index contributed by atoms with van der Waals surface area (Å²) in [5, 5.41) is 10.4. The summed E-state index contributed by atoms with van der Waals surface area (Å²) in [7, 11) is 0. The number of rotatable bonds is 11. The highest BCUT2D eigenvalue weighted by Gasteiger charge is 2.75. The molecule has 40 heavy (non-hydrogen) atoms. The molecule has 1 aromatic carbocycles. The molecule has 8 nitrogen and oxygen atoms in total. The Labute approximate surface area is 238 Å². The van der Waals surface area contributed by atoms with Gasteiger partial charge in [0.1, 0.15) is 11.6 Å². The Kier molecular flexibility index (Phi) is 8.62. The molecule has 2 bridgehead atoms. The molecule has 8 heteroatoms. The zero-order chi connectivity index (χ0) is 29.4. The van der Waals surface area contributed by atoms with E-state index in [1.807, 2.05) is 65.0 Å². The highest BCUT2D eigenvalue weighted by atomic mass is 16.5. The van der Waals surface area contributed by atoms with Crippen LogP contribution in [0.15, 0.2) is 55.6 Å². The molecule has 3 saturated heterocycles. The highest BCUT2D eigenvalue weighted by Crippen LogP contribution is 2.59. The summed E-state index contributed by atoms with van der Waals surface area (Å²) in [4.78, 5) is 48.2. The lowest BCUT2D eigenvalue weighted by atomic mass is 9.70. The van der Waals surface area contributed by atoms with E-state index in [1.54, 1.807) is 26.9 Å². The van der Waals surface area contributed by atoms with Gasteiger partial charge in [-0.1, -0.05) is 56.3 Å². The van der Waals surface area contributed by atoms with Gasteiger partial charge in [-0.2, -0.15) is 0 Å². The lowest BCUT2D eigenvalue weighted by molar-refractivity contribution is -0.155. The van der Waals surface area contributed by atoms with Crippen LogP contribution in [0.1, 0.15) is 53.0 Å². The number of ether oxygens (including phenoxy) is 1. The van der Waals surface area contributed by atoms with E-state index in [9.17, 15) is 19.5 Å². The van der Waals surface area contributed by atoms with Gasteiger partial charge in [0.2, 0.25) is 17.7 Å². The van der Waals surface area contributed by atoms with Crippen LogP contribution in [0.4, 0.5) is 0 Å². The number of hydrogen-bond donors (Lipinski definition) is 1. The summed E-state index contributed by atoms with van der Waals surface area (Å²) in [5.41, 5.74) is -0.684. The van der Waals surface area contributed by atoms with Crippen LogP contribution in [-0.4, -0.2) is 86.6 Å². The van der Waals surface area contributed by atoms with E-state index in [0.29, 0.717) is 32.5 Å². The summed E-state index contributed by atoms with van der Waals surface area (Å²) in [6.07, 6.45) is 4.02. The molecule has 1 N–H and O–H groups in total. The molecule has 6 atom stereocenters. The topological polar surface area (TPSA) is 90.4 Å². The van der Waals surface area contributed by atoms with Crippen molar-refractivity contribution in [3.8, 4) is 0 Å². The minimum atomic E-state index is -1.13. The van der Waals surface area contributed by atoms with Crippen molar-refractivity contribution in [2.75, 3.05) is 19.7 Å². The Hall–Kier alpha value is -2.97. The summed E-state index contributed by atoms with van der Waals surface area (Å²) in [6, 6.07) is 8.21. The van der Waals surface area contributed by atoms with Gasteiger partial charge in [0.15, 0.2) is 0 Å². The van der Waals surface area contributed by atoms with Crippen LogP contribution in [0.2, 0.25) is 0 Å². The molecule has 0 saturated carbocycles. The Balaban J connectivity index is 1.78. The summed E-state index contributed by atoms with van der Waals surface area (Å²) in [6.45, 7) is 18.2. The number of amides is 3. The van der Waals surface area contributed by atoms with Gasteiger partial charge in [-0.15, -0.1) is 13.2 Å². The van der Waals surface area contributed by atoms with Crippen LogP contribution < -0.4 is 0 Å². The van der Waals surface area contributed by atoms with Gasteiger partial charge >= 0.3 is 0 Å². The normalized spacial score (nSPS) is 28.0. The number of aliphatic hydroxyl groups excluding tert-OH is 1. The van der Waals surface area contributed by atoms with E-state index in [0.717, 1.165) is 5.56 Å². The standard InChI is InChI=1S/C32H45N3O5/c1-8-17-33(19-22-13-11-10-12-14-22)28(37)25-24-15-16-32(40-24)26(25)29(38)35(23(20-36)21(3)4)27(32)30(39)34(18-9-2)31(5,6)7/h8-14,21,23-27,36H,1-2,15-20H2,3-7H3/t23-,24-,25+,26-,27?,32?/m0/s1. The molecule has 218 valence electrons. The highest BCUT2D eigenvalue weighted by molar-refractivity contribution is 5.99. The molecule has 4 rings (SSSR count). The maximum atomic E-state index is 14.5. The number of benzene rings is 1. The molecule has 3 amide bonds. The van der Waals surface area contributed by atoms with Crippen molar-refractivity contribution in [1.29, 1.82) is 0 Å². The van der Waals surface area contributed by atoms with Crippen LogP contribution in [0.25, 0.3) is 0 Å². The second-order valence-electron chi connectivity index (χ2n) is 12.7. The average Bonchev–Trinajstić information content (AvgIpc) is 3.54. The maximum Gasteiger partial charge on any atom is 0.249 e. The molecule has 1 spiro atoms. The fourth-order valence-electron chi connectivity index (χ4n) is 7.00.